The van der Waals surface area contributed by atoms with Gasteiger partial charge in [-0.05, 0) is 36.4 Å². The van der Waals surface area contributed by atoms with E-state index in [1.807, 2.05) is 25.2 Å². The lowest BCUT2D eigenvalue weighted by Crippen LogP contribution is -2.22. The molecule has 0 radical (unpaired) electrons. The zero-order valence-corrected chi connectivity index (χ0v) is 15.0. The topological polar surface area (TPSA) is 52.9 Å². The van der Waals surface area contributed by atoms with E-state index in [1.54, 1.807) is 13.2 Å². The molecule has 2 aromatic carbocycles. The minimum atomic E-state index is 0.138. The van der Waals surface area contributed by atoms with Crippen LogP contribution in [-0.4, -0.2) is 42.4 Å². The average Bonchev–Trinajstić information content (AvgIpc) is 2.52. The molecule has 23 heavy (non-hydrogen) atoms. The number of ether oxygens (including phenoxy) is 1. The number of nitrogens with zero attached hydrogens (tertiary/aromatic N) is 1. The summed E-state index contributed by atoms with van der Waals surface area (Å²) in [6.07, 6.45) is 0.616. The lowest BCUT2D eigenvalue weighted by molar-refractivity contribution is 0.217. The molecule has 0 saturated heterocycles. The highest BCUT2D eigenvalue weighted by Crippen LogP contribution is 2.32. The molecule has 2 rings (SSSR count). The molecule has 0 spiro atoms. The second kappa shape index (κ2) is 8.34. The van der Waals surface area contributed by atoms with Gasteiger partial charge in [0, 0.05) is 29.5 Å². The van der Waals surface area contributed by atoms with Gasteiger partial charge in [-0.3, -0.25) is 4.90 Å². The number of aliphatic hydroxyl groups is 1. The van der Waals surface area contributed by atoms with Crippen molar-refractivity contribution < 1.29 is 14.9 Å². The number of phenolic OH excluding ortho intramolecular Hbond substituents is 1. The molecule has 0 aliphatic carbocycles. The Labute approximate surface area is 145 Å². The number of aliphatic hydroxyl groups excluding tert-OH is 1. The van der Waals surface area contributed by atoms with E-state index in [0.717, 1.165) is 22.1 Å². The van der Waals surface area contributed by atoms with E-state index in [1.165, 1.54) is 5.56 Å². The van der Waals surface area contributed by atoms with Crippen LogP contribution in [0.1, 0.15) is 16.7 Å². The maximum Gasteiger partial charge on any atom is 0.161 e. The first-order valence-electron chi connectivity index (χ1n) is 7.46. The highest BCUT2D eigenvalue weighted by atomic mass is 79.9. The van der Waals surface area contributed by atoms with Gasteiger partial charge in [-0.25, -0.2) is 0 Å². The van der Waals surface area contributed by atoms with Gasteiger partial charge < -0.3 is 14.9 Å². The second-order valence-corrected chi connectivity index (χ2v) is 6.43. The van der Waals surface area contributed by atoms with Crippen LogP contribution in [0.25, 0.3) is 0 Å². The maximum atomic E-state index is 10.3. The van der Waals surface area contributed by atoms with E-state index >= 15 is 0 Å². The summed E-state index contributed by atoms with van der Waals surface area (Å²) in [6, 6.07) is 11.7. The van der Waals surface area contributed by atoms with Crippen LogP contribution >= 0.6 is 15.9 Å². The van der Waals surface area contributed by atoms with Crippen molar-refractivity contribution in [3.63, 3.8) is 0 Å². The zero-order chi connectivity index (χ0) is 16.8. The summed E-state index contributed by atoms with van der Waals surface area (Å²) in [7, 11) is 3.53. The predicted octanol–water partition coefficient (Wildman–Crippen LogP) is 3.18. The summed E-state index contributed by atoms with van der Waals surface area (Å²) >= 11 is 3.51. The van der Waals surface area contributed by atoms with E-state index in [-0.39, 0.29) is 12.4 Å². The van der Waals surface area contributed by atoms with Crippen molar-refractivity contribution in [2.75, 3.05) is 27.3 Å². The molecule has 0 heterocycles. The van der Waals surface area contributed by atoms with Gasteiger partial charge in [-0.15, -0.1) is 0 Å². The quantitative estimate of drug-likeness (QED) is 0.775. The van der Waals surface area contributed by atoms with Gasteiger partial charge in [0.15, 0.2) is 11.5 Å². The number of hydrogen-bond donors (Lipinski definition) is 2. The SMILES string of the molecule is COc1cccc(Cc2cc(Br)ccc2CN(C)CCO)c1O. The molecule has 0 aliphatic heterocycles. The largest absolute Gasteiger partial charge is 0.504 e. The molecule has 0 unspecified atom stereocenters. The fraction of sp³-hybridized carbons (Fsp3) is 0.333. The first kappa shape index (κ1) is 17.8. The summed E-state index contributed by atoms with van der Waals surface area (Å²) < 4.78 is 6.18. The molecule has 5 heteroatoms. The van der Waals surface area contributed by atoms with Crippen molar-refractivity contribution in [2.24, 2.45) is 0 Å². The van der Waals surface area contributed by atoms with E-state index in [4.69, 9.17) is 9.84 Å². The Morgan fingerprint density at radius 3 is 2.61 bits per heavy atom. The predicted molar refractivity (Wildman–Crippen MR) is 95.0 cm³/mol. The first-order chi connectivity index (χ1) is 11.0. The highest BCUT2D eigenvalue weighted by Gasteiger charge is 2.12. The number of benzene rings is 2. The third-order valence-electron chi connectivity index (χ3n) is 3.77. The Hall–Kier alpha value is -1.56. The number of likely N-dealkylation sites (N-methyl/N-ethyl adjacent to an activating group) is 1. The molecule has 0 bridgehead atoms. The number of para-hydroxylation sites is 1. The van der Waals surface area contributed by atoms with Crippen molar-refractivity contribution in [3.05, 3.63) is 57.6 Å². The fourth-order valence-electron chi connectivity index (χ4n) is 2.53. The molecule has 0 aliphatic rings. The third-order valence-corrected chi connectivity index (χ3v) is 4.27. The summed E-state index contributed by atoms with van der Waals surface area (Å²) in [6.45, 7) is 1.51. The van der Waals surface area contributed by atoms with E-state index in [2.05, 4.69) is 33.0 Å². The van der Waals surface area contributed by atoms with Gasteiger partial charge in [0.25, 0.3) is 0 Å². The van der Waals surface area contributed by atoms with Crippen LogP contribution in [0, 0.1) is 0 Å². The summed E-state index contributed by atoms with van der Waals surface area (Å²) in [5.41, 5.74) is 3.13. The Kier molecular flexibility index (Phi) is 6.45. The van der Waals surface area contributed by atoms with Gasteiger partial charge in [0.1, 0.15) is 0 Å². The summed E-state index contributed by atoms with van der Waals surface area (Å²) in [5, 5.41) is 19.4. The Balaban J connectivity index is 2.30. The first-order valence-corrected chi connectivity index (χ1v) is 8.26. The summed E-state index contributed by atoms with van der Waals surface area (Å²) in [5.74, 6) is 0.668. The molecular formula is C18H22BrNO3. The number of methoxy groups -OCH3 is 1. The maximum absolute atomic E-state index is 10.3. The van der Waals surface area contributed by atoms with Crippen LogP contribution in [0.3, 0.4) is 0 Å². The molecule has 0 amide bonds. The second-order valence-electron chi connectivity index (χ2n) is 5.52. The molecule has 2 aromatic rings. The fourth-order valence-corrected chi connectivity index (χ4v) is 2.94. The zero-order valence-electron chi connectivity index (χ0n) is 13.4. The molecule has 124 valence electrons. The molecule has 2 N–H and O–H groups in total. The lowest BCUT2D eigenvalue weighted by atomic mass is 9.98. The van der Waals surface area contributed by atoms with Gasteiger partial charge in [-0.1, -0.05) is 34.1 Å². The third kappa shape index (κ3) is 4.70. The number of phenols is 1. The molecule has 0 aromatic heterocycles. The smallest absolute Gasteiger partial charge is 0.161 e. The Morgan fingerprint density at radius 2 is 1.91 bits per heavy atom. The van der Waals surface area contributed by atoms with Crippen LogP contribution in [0.2, 0.25) is 0 Å². The Bertz CT molecular complexity index is 661. The van der Waals surface area contributed by atoms with Crippen LogP contribution in [-0.2, 0) is 13.0 Å². The molecule has 0 saturated carbocycles. The number of hydrogen-bond acceptors (Lipinski definition) is 4. The van der Waals surface area contributed by atoms with Gasteiger partial charge in [-0.2, -0.15) is 0 Å². The average molecular weight is 380 g/mol. The summed E-state index contributed by atoms with van der Waals surface area (Å²) in [4.78, 5) is 2.07. The van der Waals surface area contributed by atoms with Crippen molar-refractivity contribution in [1.82, 2.24) is 4.90 Å². The molecule has 4 nitrogen and oxygen atoms in total. The molecule has 0 fully saturated rings. The molecular weight excluding hydrogens is 358 g/mol. The van der Waals surface area contributed by atoms with Crippen molar-refractivity contribution in [1.29, 1.82) is 0 Å². The van der Waals surface area contributed by atoms with Crippen LogP contribution < -0.4 is 4.74 Å². The monoisotopic (exact) mass is 379 g/mol. The van der Waals surface area contributed by atoms with Crippen molar-refractivity contribution in [2.45, 2.75) is 13.0 Å². The molecule has 0 atom stereocenters. The van der Waals surface area contributed by atoms with E-state index in [9.17, 15) is 5.11 Å². The van der Waals surface area contributed by atoms with Crippen LogP contribution in [0.15, 0.2) is 40.9 Å². The minimum absolute atomic E-state index is 0.138. The van der Waals surface area contributed by atoms with Crippen LogP contribution in [0.4, 0.5) is 0 Å². The van der Waals surface area contributed by atoms with Crippen molar-refractivity contribution in [3.8, 4) is 11.5 Å². The normalized spacial score (nSPS) is 11.0. The van der Waals surface area contributed by atoms with E-state index < -0.39 is 0 Å². The number of aromatic hydroxyl groups is 1. The minimum Gasteiger partial charge on any atom is -0.504 e. The highest BCUT2D eigenvalue weighted by molar-refractivity contribution is 9.10. The lowest BCUT2D eigenvalue weighted by Gasteiger charge is -2.18. The van der Waals surface area contributed by atoms with Gasteiger partial charge in [0.05, 0.1) is 13.7 Å². The van der Waals surface area contributed by atoms with E-state index in [0.29, 0.717) is 18.7 Å². The Morgan fingerprint density at radius 1 is 1.13 bits per heavy atom. The van der Waals surface area contributed by atoms with Gasteiger partial charge >= 0.3 is 0 Å². The van der Waals surface area contributed by atoms with Crippen molar-refractivity contribution >= 4 is 15.9 Å². The van der Waals surface area contributed by atoms with Crippen LogP contribution in [0.5, 0.6) is 11.5 Å². The number of halogens is 1. The standard InChI is InChI=1S/C18H22BrNO3/c1-20(8-9-21)12-14-6-7-16(19)11-15(14)10-13-4-3-5-17(23-2)18(13)22/h3-7,11,21-22H,8-10,12H2,1-2H3. The van der Waals surface area contributed by atoms with Gasteiger partial charge in [0.2, 0.25) is 0 Å². The number of rotatable bonds is 7.